The standard InChI is InChI=1S/C14H15ClN4O/c1-9(2)12-7-13(18-17-12)14(20)19-16-8-10-3-5-11(15)6-4-10/h3-9H,1-2H3,(H,17,18)(H,19,20)/b16-8-. The summed E-state index contributed by atoms with van der Waals surface area (Å²) in [6.07, 6.45) is 1.55. The summed E-state index contributed by atoms with van der Waals surface area (Å²) in [4.78, 5) is 11.8. The van der Waals surface area contributed by atoms with Crippen molar-refractivity contribution in [2.45, 2.75) is 19.8 Å². The number of hydrogen-bond acceptors (Lipinski definition) is 3. The van der Waals surface area contributed by atoms with Crippen LogP contribution in [-0.4, -0.2) is 22.3 Å². The molecule has 1 aromatic heterocycles. The van der Waals surface area contributed by atoms with Gasteiger partial charge in [-0.25, -0.2) is 5.43 Å². The fraction of sp³-hybridized carbons (Fsp3) is 0.214. The van der Waals surface area contributed by atoms with Crippen molar-refractivity contribution in [1.82, 2.24) is 15.6 Å². The molecule has 1 heterocycles. The lowest BCUT2D eigenvalue weighted by Gasteiger charge is -1.97. The van der Waals surface area contributed by atoms with Crippen LogP contribution in [0.4, 0.5) is 0 Å². The zero-order valence-electron chi connectivity index (χ0n) is 11.2. The van der Waals surface area contributed by atoms with Crippen LogP contribution in [-0.2, 0) is 0 Å². The van der Waals surface area contributed by atoms with Gasteiger partial charge in [0.25, 0.3) is 5.91 Å². The van der Waals surface area contributed by atoms with E-state index in [0.717, 1.165) is 11.3 Å². The molecule has 2 N–H and O–H groups in total. The number of benzene rings is 1. The van der Waals surface area contributed by atoms with E-state index in [2.05, 4.69) is 20.7 Å². The molecule has 0 radical (unpaired) electrons. The van der Waals surface area contributed by atoms with E-state index in [1.165, 1.54) is 0 Å². The number of hydrazone groups is 1. The number of carbonyl (C=O) groups is 1. The zero-order chi connectivity index (χ0) is 14.5. The Balaban J connectivity index is 1.95. The SMILES string of the molecule is CC(C)c1cc(C(=O)N/N=C\c2ccc(Cl)cc2)n[nH]1. The van der Waals surface area contributed by atoms with Gasteiger partial charge in [0.15, 0.2) is 5.69 Å². The van der Waals surface area contributed by atoms with E-state index in [0.29, 0.717) is 16.6 Å². The summed E-state index contributed by atoms with van der Waals surface area (Å²) in [7, 11) is 0. The van der Waals surface area contributed by atoms with Gasteiger partial charge in [-0.05, 0) is 29.7 Å². The maximum atomic E-state index is 11.8. The minimum Gasteiger partial charge on any atom is -0.282 e. The molecule has 0 bridgehead atoms. The largest absolute Gasteiger partial charge is 0.291 e. The van der Waals surface area contributed by atoms with Gasteiger partial charge in [0.1, 0.15) is 0 Å². The average Bonchev–Trinajstić information content (AvgIpc) is 2.91. The molecule has 1 aromatic carbocycles. The molecule has 0 aliphatic heterocycles. The normalized spacial score (nSPS) is 11.2. The van der Waals surface area contributed by atoms with Crippen molar-refractivity contribution in [2.75, 3.05) is 0 Å². The highest BCUT2D eigenvalue weighted by molar-refractivity contribution is 6.30. The van der Waals surface area contributed by atoms with Crippen molar-refractivity contribution in [2.24, 2.45) is 5.10 Å². The van der Waals surface area contributed by atoms with Gasteiger partial charge < -0.3 is 0 Å². The van der Waals surface area contributed by atoms with E-state index in [-0.39, 0.29) is 5.91 Å². The molecule has 0 unspecified atom stereocenters. The third-order valence-electron chi connectivity index (χ3n) is 2.70. The van der Waals surface area contributed by atoms with Gasteiger partial charge in [0, 0.05) is 10.7 Å². The van der Waals surface area contributed by atoms with Crippen LogP contribution in [0.15, 0.2) is 35.4 Å². The first-order valence-electron chi connectivity index (χ1n) is 6.20. The lowest BCUT2D eigenvalue weighted by Crippen LogP contribution is -2.18. The van der Waals surface area contributed by atoms with Gasteiger partial charge in [-0.2, -0.15) is 10.2 Å². The molecule has 2 rings (SSSR count). The Hall–Kier alpha value is -2.14. The molecular weight excluding hydrogens is 276 g/mol. The molecule has 6 heteroatoms. The first-order chi connectivity index (χ1) is 9.56. The third kappa shape index (κ3) is 3.68. The molecule has 20 heavy (non-hydrogen) atoms. The molecule has 0 atom stereocenters. The van der Waals surface area contributed by atoms with Crippen LogP contribution >= 0.6 is 11.6 Å². The summed E-state index contributed by atoms with van der Waals surface area (Å²) >= 11 is 5.78. The molecule has 0 saturated heterocycles. The number of H-pyrrole nitrogens is 1. The van der Waals surface area contributed by atoms with Crippen LogP contribution in [0.2, 0.25) is 5.02 Å². The molecule has 104 valence electrons. The molecule has 0 aliphatic rings. The second kappa shape index (κ2) is 6.34. The van der Waals surface area contributed by atoms with E-state index in [9.17, 15) is 4.79 Å². The molecule has 0 saturated carbocycles. The number of aromatic amines is 1. The number of amides is 1. The number of carbonyl (C=O) groups excluding carboxylic acids is 1. The average molecular weight is 291 g/mol. The smallest absolute Gasteiger partial charge is 0.282 e. The van der Waals surface area contributed by atoms with Gasteiger partial charge in [-0.3, -0.25) is 9.89 Å². The number of nitrogens with zero attached hydrogens (tertiary/aromatic N) is 2. The van der Waals surface area contributed by atoms with Gasteiger partial charge in [-0.1, -0.05) is 37.6 Å². The van der Waals surface area contributed by atoms with Gasteiger partial charge in [-0.15, -0.1) is 0 Å². The lowest BCUT2D eigenvalue weighted by molar-refractivity contribution is 0.0950. The van der Waals surface area contributed by atoms with Crippen LogP contribution in [0.5, 0.6) is 0 Å². The fourth-order valence-corrected chi connectivity index (χ4v) is 1.65. The van der Waals surface area contributed by atoms with E-state index >= 15 is 0 Å². The fourth-order valence-electron chi connectivity index (χ4n) is 1.52. The maximum Gasteiger partial charge on any atom is 0.291 e. The van der Waals surface area contributed by atoms with Crippen molar-refractivity contribution >= 4 is 23.7 Å². The second-order valence-electron chi connectivity index (χ2n) is 4.61. The van der Waals surface area contributed by atoms with Crippen molar-refractivity contribution in [1.29, 1.82) is 0 Å². The molecule has 0 spiro atoms. The first-order valence-corrected chi connectivity index (χ1v) is 6.58. The van der Waals surface area contributed by atoms with Gasteiger partial charge >= 0.3 is 0 Å². The van der Waals surface area contributed by atoms with Gasteiger partial charge in [0.2, 0.25) is 0 Å². The quantitative estimate of drug-likeness (QED) is 0.671. The number of nitrogens with one attached hydrogen (secondary N) is 2. The summed E-state index contributed by atoms with van der Waals surface area (Å²) in [6.45, 7) is 4.04. The predicted molar refractivity (Wildman–Crippen MR) is 79.2 cm³/mol. The lowest BCUT2D eigenvalue weighted by atomic mass is 10.1. The number of aromatic nitrogens is 2. The number of halogens is 1. The van der Waals surface area contributed by atoms with Crippen molar-refractivity contribution in [3.8, 4) is 0 Å². The summed E-state index contributed by atoms with van der Waals surface area (Å²) in [6, 6.07) is 8.85. The van der Waals surface area contributed by atoms with Crippen molar-refractivity contribution < 1.29 is 4.79 Å². The van der Waals surface area contributed by atoms with Crippen LogP contribution in [0.3, 0.4) is 0 Å². The molecular formula is C14H15ClN4O. The van der Waals surface area contributed by atoms with Crippen LogP contribution in [0, 0.1) is 0 Å². The molecule has 5 nitrogen and oxygen atoms in total. The van der Waals surface area contributed by atoms with Crippen molar-refractivity contribution in [3.05, 3.63) is 52.3 Å². The Morgan fingerprint density at radius 3 is 2.70 bits per heavy atom. The van der Waals surface area contributed by atoms with Gasteiger partial charge in [0.05, 0.1) is 6.21 Å². The first kappa shape index (κ1) is 14.3. The zero-order valence-corrected chi connectivity index (χ0v) is 12.0. The van der Waals surface area contributed by atoms with Crippen LogP contribution < -0.4 is 5.43 Å². The minimum atomic E-state index is -0.349. The predicted octanol–water partition coefficient (Wildman–Crippen LogP) is 2.95. The highest BCUT2D eigenvalue weighted by Gasteiger charge is 2.10. The maximum absolute atomic E-state index is 11.8. The van der Waals surface area contributed by atoms with Crippen molar-refractivity contribution in [3.63, 3.8) is 0 Å². The Bertz CT molecular complexity index is 616. The molecule has 0 fully saturated rings. The molecule has 2 aromatic rings. The Morgan fingerprint density at radius 2 is 2.10 bits per heavy atom. The Morgan fingerprint density at radius 1 is 1.40 bits per heavy atom. The Labute approximate surface area is 122 Å². The molecule has 0 aliphatic carbocycles. The summed E-state index contributed by atoms with van der Waals surface area (Å²) in [5, 5.41) is 11.3. The topological polar surface area (TPSA) is 70.1 Å². The van der Waals surface area contributed by atoms with Crippen LogP contribution in [0.25, 0.3) is 0 Å². The summed E-state index contributed by atoms with van der Waals surface area (Å²) < 4.78 is 0. The second-order valence-corrected chi connectivity index (χ2v) is 5.05. The third-order valence-corrected chi connectivity index (χ3v) is 2.95. The number of rotatable bonds is 4. The number of hydrogen-bond donors (Lipinski definition) is 2. The van der Waals surface area contributed by atoms with E-state index in [1.54, 1.807) is 24.4 Å². The summed E-state index contributed by atoms with van der Waals surface area (Å²) in [5.74, 6) is -0.0556. The monoisotopic (exact) mass is 290 g/mol. The summed E-state index contributed by atoms with van der Waals surface area (Å²) in [5.41, 5.74) is 4.51. The highest BCUT2D eigenvalue weighted by Crippen LogP contribution is 2.11. The Kier molecular flexibility index (Phi) is 4.53. The van der Waals surface area contributed by atoms with E-state index < -0.39 is 0 Å². The van der Waals surface area contributed by atoms with E-state index in [1.807, 2.05) is 26.0 Å². The minimum absolute atomic E-state index is 0.293. The molecule has 1 amide bonds. The van der Waals surface area contributed by atoms with E-state index in [4.69, 9.17) is 11.6 Å². The van der Waals surface area contributed by atoms with Crippen LogP contribution in [0.1, 0.15) is 41.5 Å². The highest BCUT2D eigenvalue weighted by atomic mass is 35.5.